The summed E-state index contributed by atoms with van der Waals surface area (Å²) < 4.78 is 0. The number of nitrogens with one attached hydrogen (secondary N) is 2. The molecule has 0 spiro atoms. The molecule has 0 radical (unpaired) electrons. The highest BCUT2D eigenvalue weighted by Gasteiger charge is 2.25. The van der Waals surface area contributed by atoms with Gasteiger partial charge in [0.15, 0.2) is 0 Å². The van der Waals surface area contributed by atoms with E-state index >= 15 is 0 Å². The molecule has 1 aliphatic carbocycles. The zero-order valence-corrected chi connectivity index (χ0v) is 16.3. The lowest BCUT2D eigenvalue weighted by Crippen LogP contribution is -2.45. The normalized spacial score (nSPS) is 19.1. The third-order valence-electron chi connectivity index (χ3n) is 5.21. The summed E-state index contributed by atoms with van der Waals surface area (Å²) >= 11 is 0. The third kappa shape index (κ3) is 5.68. The predicted molar refractivity (Wildman–Crippen MR) is 111 cm³/mol. The van der Waals surface area contributed by atoms with Crippen LogP contribution in [0.15, 0.2) is 42.5 Å². The standard InChI is InChI=1S/C21H27N3O2.ClH/c22-14-18-7-3-4-8-19(18)24-20(25)11-12-23-21(26)17-10-9-15-5-1-2-6-16(15)13-17;/h1-2,5-6,9-10,13,18-19H,3-4,7-8,11-12,14,22H2,(H,23,26)(H,24,25);1H. The quantitative estimate of drug-likeness (QED) is 0.710. The second-order valence-corrected chi connectivity index (χ2v) is 7.02. The molecule has 1 saturated carbocycles. The van der Waals surface area contributed by atoms with Gasteiger partial charge in [0.2, 0.25) is 5.91 Å². The van der Waals surface area contributed by atoms with E-state index in [1.807, 2.05) is 42.5 Å². The Kier molecular flexibility index (Phi) is 8.07. The van der Waals surface area contributed by atoms with E-state index in [2.05, 4.69) is 10.6 Å². The Balaban J connectivity index is 0.00000261. The van der Waals surface area contributed by atoms with E-state index in [4.69, 9.17) is 5.73 Å². The largest absolute Gasteiger partial charge is 0.353 e. The van der Waals surface area contributed by atoms with Crippen LogP contribution in [-0.2, 0) is 4.79 Å². The molecular formula is C21H28ClN3O2. The van der Waals surface area contributed by atoms with Crippen LogP contribution in [0.25, 0.3) is 10.8 Å². The van der Waals surface area contributed by atoms with Crippen molar-refractivity contribution in [3.8, 4) is 0 Å². The lowest BCUT2D eigenvalue weighted by Gasteiger charge is -2.31. The van der Waals surface area contributed by atoms with Crippen molar-refractivity contribution < 1.29 is 9.59 Å². The summed E-state index contributed by atoms with van der Waals surface area (Å²) in [7, 11) is 0. The van der Waals surface area contributed by atoms with E-state index in [0.717, 1.165) is 30.0 Å². The molecule has 1 fully saturated rings. The van der Waals surface area contributed by atoms with Gasteiger partial charge < -0.3 is 16.4 Å². The van der Waals surface area contributed by atoms with E-state index in [1.165, 1.54) is 6.42 Å². The summed E-state index contributed by atoms with van der Waals surface area (Å²) in [6.07, 6.45) is 4.69. The van der Waals surface area contributed by atoms with Crippen LogP contribution in [-0.4, -0.2) is 30.9 Å². The van der Waals surface area contributed by atoms with Crippen LogP contribution in [0.5, 0.6) is 0 Å². The molecule has 2 atom stereocenters. The molecule has 4 N–H and O–H groups in total. The van der Waals surface area contributed by atoms with Crippen LogP contribution in [0.3, 0.4) is 0 Å². The first-order valence-corrected chi connectivity index (χ1v) is 9.44. The van der Waals surface area contributed by atoms with E-state index in [0.29, 0.717) is 24.6 Å². The van der Waals surface area contributed by atoms with Crippen molar-refractivity contribution in [1.82, 2.24) is 10.6 Å². The van der Waals surface area contributed by atoms with Gasteiger partial charge in [-0.25, -0.2) is 0 Å². The van der Waals surface area contributed by atoms with Gasteiger partial charge in [0.05, 0.1) is 0 Å². The molecule has 2 aromatic carbocycles. The molecular weight excluding hydrogens is 362 g/mol. The fraction of sp³-hybridized carbons (Fsp3) is 0.429. The fourth-order valence-corrected chi connectivity index (χ4v) is 3.68. The highest BCUT2D eigenvalue weighted by atomic mass is 35.5. The lowest BCUT2D eigenvalue weighted by atomic mass is 9.84. The number of fused-ring (bicyclic) bond motifs is 1. The number of rotatable bonds is 6. The topological polar surface area (TPSA) is 84.2 Å². The van der Waals surface area contributed by atoms with Crippen LogP contribution in [0.1, 0.15) is 42.5 Å². The Labute approximate surface area is 166 Å². The summed E-state index contributed by atoms with van der Waals surface area (Å²) in [5.41, 5.74) is 6.42. The van der Waals surface area contributed by atoms with Gasteiger partial charge in [0, 0.05) is 24.6 Å². The number of nitrogens with two attached hydrogens (primary N) is 1. The highest BCUT2D eigenvalue weighted by Crippen LogP contribution is 2.23. The van der Waals surface area contributed by atoms with Crippen LogP contribution < -0.4 is 16.4 Å². The minimum Gasteiger partial charge on any atom is -0.353 e. The summed E-state index contributed by atoms with van der Waals surface area (Å²) in [6.45, 7) is 0.946. The number of benzene rings is 2. The van der Waals surface area contributed by atoms with E-state index in [-0.39, 0.29) is 36.7 Å². The summed E-state index contributed by atoms with van der Waals surface area (Å²) in [5, 5.41) is 8.05. The van der Waals surface area contributed by atoms with Crippen molar-refractivity contribution >= 4 is 35.0 Å². The van der Waals surface area contributed by atoms with Gasteiger partial charge >= 0.3 is 0 Å². The Morgan fingerprint density at radius 3 is 2.56 bits per heavy atom. The van der Waals surface area contributed by atoms with Gasteiger partial charge in [-0.3, -0.25) is 9.59 Å². The number of hydrogen-bond donors (Lipinski definition) is 3. The molecule has 0 aliphatic heterocycles. The van der Waals surface area contributed by atoms with Gasteiger partial charge in [0.1, 0.15) is 0 Å². The minimum atomic E-state index is -0.152. The molecule has 5 nitrogen and oxygen atoms in total. The van der Waals surface area contributed by atoms with Gasteiger partial charge in [-0.2, -0.15) is 0 Å². The fourth-order valence-electron chi connectivity index (χ4n) is 3.68. The zero-order valence-electron chi connectivity index (χ0n) is 15.4. The van der Waals surface area contributed by atoms with Crippen molar-refractivity contribution in [2.75, 3.05) is 13.1 Å². The van der Waals surface area contributed by atoms with Crippen molar-refractivity contribution in [2.45, 2.75) is 38.1 Å². The first kappa shape index (κ1) is 21.2. The maximum Gasteiger partial charge on any atom is 0.251 e. The molecule has 1 aliphatic rings. The Morgan fingerprint density at radius 2 is 1.78 bits per heavy atom. The van der Waals surface area contributed by atoms with Gasteiger partial charge in [-0.05, 0) is 48.2 Å². The van der Waals surface area contributed by atoms with E-state index < -0.39 is 0 Å². The van der Waals surface area contributed by atoms with Crippen molar-refractivity contribution in [2.24, 2.45) is 11.7 Å². The molecule has 27 heavy (non-hydrogen) atoms. The molecule has 0 heterocycles. The van der Waals surface area contributed by atoms with Crippen LogP contribution in [0, 0.1) is 5.92 Å². The Hall–Kier alpha value is -2.11. The van der Waals surface area contributed by atoms with Crippen LogP contribution in [0.4, 0.5) is 0 Å². The number of halogens is 1. The highest BCUT2D eigenvalue weighted by molar-refractivity contribution is 5.98. The molecule has 146 valence electrons. The molecule has 0 saturated heterocycles. The van der Waals surface area contributed by atoms with Gasteiger partial charge in [-0.15, -0.1) is 12.4 Å². The second kappa shape index (κ2) is 10.3. The molecule has 0 bridgehead atoms. The summed E-state index contributed by atoms with van der Waals surface area (Å²) in [4.78, 5) is 24.5. The zero-order chi connectivity index (χ0) is 18.4. The molecule has 2 aromatic rings. The third-order valence-corrected chi connectivity index (χ3v) is 5.21. The van der Waals surface area contributed by atoms with E-state index in [1.54, 1.807) is 0 Å². The molecule has 3 rings (SSSR count). The van der Waals surface area contributed by atoms with Crippen molar-refractivity contribution in [1.29, 1.82) is 0 Å². The molecule has 2 unspecified atom stereocenters. The van der Waals surface area contributed by atoms with Crippen LogP contribution in [0.2, 0.25) is 0 Å². The van der Waals surface area contributed by atoms with E-state index in [9.17, 15) is 9.59 Å². The molecule has 6 heteroatoms. The smallest absolute Gasteiger partial charge is 0.251 e. The maximum absolute atomic E-state index is 12.3. The number of hydrogen-bond acceptors (Lipinski definition) is 3. The minimum absolute atomic E-state index is 0. The lowest BCUT2D eigenvalue weighted by molar-refractivity contribution is -0.122. The number of carbonyl (C=O) groups excluding carboxylic acids is 2. The average Bonchev–Trinajstić information content (AvgIpc) is 2.68. The summed E-state index contributed by atoms with van der Waals surface area (Å²) in [6, 6.07) is 13.7. The predicted octanol–water partition coefficient (Wildman–Crippen LogP) is 3.02. The second-order valence-electron chi connectivity index (χ2n) is 7.02. The van der Waals surface area contributed by atoms with Gasteiger partial charge in [0.25, 0.3) is 5.91 Å². The molecule has 2 amide bonds. The number of amides is 2. The van der Waals surface area contributed by atoms with Crippen LogP contribution >= 0.6 is 12.4 Å². The Bertz CT molecular complexity index is 781. The maximum atomic E-state index is 12.3. The SMILES string of the molecule is Cl.NCC1CCCCC1NC(=O)CCNC(=O)c1ccc2ccccc2c1. The number of carbonyl (C=O) groups is 2. The first-order valence-electron chi connectivity index (χ1n) is 9.44. The first-order chi connectivity index (χ1) is 12.7. The Morgan fingerprint density at radius 1 is 1.04 bits per heavy atom. The monoisotopic (exact) mass is 389 g/mol. The molecule has 0 aromatic heterocycles. The average molecular weight is 390 g/mol. The van der Waals surface area contributed by atoms with Crippen molar-refractivity contribution in [3.63, 3.8) is 0 Å². The summed E-state index contributed by atoms with van der Waals surface area (Å²) in [5.74, 6) is 0.204. The van der Waals surface area contributed by atoms with Gasteiger partial charge in [-0.1, -0.05) is 43.2 Å². The van der Waals surface area contributed by atoms with Crippen molar-refractivity contribution in [3.05, 3.63) is 48.0 Å².